The van der Waals surface area contributed by atoms with Crippen molar-refractivity contribution >= 4 is 21.8 Å². The monoisotopic (exact) mass is 771 g/mol. The van der Waals surface area contributed by atoms with Crippen molar-refractivity contribution in [3.05, 3.63) is 52.4 Å². The van der Waals surface area contributed by atoms with Crippen molar-refractivity contribution in [2.75, 3.05) is 26.7 Å². The van der Waals surface area contributed by atoms with Crippen LogP contribution in [0, 0.1) is 0 Å². The highest BCUT2D eigenvalue weighted by atomic mass is 32.2. The second kappa shape index (κ2) is 15.1. The first kappa shape index (κ1) is 40.0. The lowest BCUT2D eigenvalue weighted by Crippen LogP contribution is -2.49. The molecule has 3 aliphatic rings. The topological polar surface area (TPSA) is 152 Å². The van der Waals surface area contributed by atoms with Gasteiger partial charge < -0.3 is 14.9 Å². The molecule has 54 heavy (non-hydrogen) atoms. The number of aliphatic hydroxyl groups excluding tert-OH is 1. The molecule has 3 aromatic rings. The van der Waals surface area contributed by atoms with Crippen molar-refractivity contribution in [1.82, 2.24) is 43.4 Å². The van der Waals surface area contributed by atoms with Crippen molar-refractivity contribution < 1.29 is 27.5 Å². The Morgan fingerprint density at radius 3 is 2.07 bits per heavy atom. The van der Waals surface area contributed by atoms with Crippen molar-refractivity contribution in [2.45, 2.75) is 148 Å². The maximum Gasteiger partial charge on any atom is 0.244 e. The second-order valence-corrected chi connectivity index (χ2v) is 19.0. The minimum absolute atomic E-state index is 0.00772. The second-order valence-electron chi connectivity index (χ2n) is 17.0. The van der Waals surface area contributed by atoms with Crippen LogP contribution in [0.4, 0.5) is 4.39 Å². The Bertz CT molecular complexity index is 1970. The van der Waals surface area contributed by atoms with Crippen LogP contribution < -0.4 is 0 Å². The van der Waals surface area contributed by atoms with E-state index in [0.29, 0.717) is 37.2 Å². The van der Waals surface area contributed by atoms with Crippen LogP contribution in [-0.2, 0) is 38.6 Å². The summed E-state index contributed by atoms with van der Waals surface area (Å²) in [4.78, 5) is 30.4. The Kier molecular flexibility index (Phi) is 11.2. The summed E-state index contributed by atoms with van der Waals surface area (Å²) in [6.07, 6.45) is 0.454. The van der Waals surface area contributed by atoms with Gasteiger partial charge in [0.2, 0.25) is 21.8 Å². The molecule has 6 rings (SSSR count). The maximum absolute atomic E-state index is 15.5. The molecule has 0 radical (unpaired) electrons. The first-order valence-electron chi connectivity index (χ1n) is 19.3. The Balaban J connectivity index is 1.04. The van der Waals surface area contributed by atoms with Crippen LogP contribution in [0.1, 0.15) is 151 Å². The van der Waals surface area contributed by atoms with E-state index in [1.807, 2.05) is 60.6 Å². The summed E-state index contributed by atoms with van der Waals surface area (Å²) in [5.74, 6) is -0.270. The van der Waals surface area contributed by atoms with Gasteiger partial charge >= 0.3 is 0 Å². The number of nitrogens with zero attached hydrogens (tertiary/aromatic N) is 9. The highest BCUT2D eigenvalue weighted by Gasteiger charge is 2.38. The van der Waals surface area contributed by atoms with Gasteiger partial charge in [-0.2, -0.15) is 15.3 Å². The highest BCUT2D eigenvalue weighted by molar-refractivity contribution is 7.88. The Hall–Kier alpha value is -3.63. The first-order chi connectivity index (χ1) is 25.2. The molecule has 6 heterocycles. The number of fused-ring (bicyclic) bond motifs is 3. The van der Waals surface area contributed by atoms with Gasteiger partial charge in [0.05, 0.1) is 41.6 Å². The summed E-state index contributed by atoms with van der Waals surface area (Å²) in [5.41, 5.74) is 3.72. The molecule has 0 spiro atoms. The van der Waals surface area contributed by atoms with Gasteiger partial charge in [-0.15, -0.1) is 0 Å². The molecule has 0 bridgehead atoms. The van der Waals surface area contributed by atoms with E-state index in [-0.39, 0.29) is 73.6 Å². The third-order valence-electron chi connectivity index (χ3n) is 11.9. The number of sulfonamides is 1. The van der Waals surface area contributed by atoms with Crippen LogP contribution >= 0.6 is 0 Å². The van der Waals surface area contributed by atoms with Crippen LogP contribution in [0.2, 0.25) is 0 Å². The summed E-state index contributed by atoms with van der Waals surface area (Å²) >= 11 is 0. The number of carbonyl (C=O) groups excluding carboxylic acids is 2. The minimum atomic E-state index is -3.43. The zero-order valence-electron chi connectivity index (χ0n) is 33.2. The van der Waals surface area contributed by atoms with Gasteiger partial charge in [0.1, 0.15) is 19.2 Å². The predicted octanol–water partition coefficient (Wildman–Crippen LogP) is 4.80. The average molecular weight is 772 g/mol. The summed E-state index contributed by atoms with van der Waals surface area (Å²) in [6.45, 7) is 16.6. The molecular formula is C38H58FN9O5S. The Morgan fingerprint density at radius 1 is 0.815 bits per heavy atom. The summed E-state index contributed by atoms with van der Waals surface area (Å²) in [6, 6.07) is 5.53. The molecule has 0 aliphatic carbocycles. The number of aromatic nitrogens is 6. The number of rotatable bonds is 11. The number of alkyl halides is 1. The zero-order valence-corrected chi connectivity index (χ0v) is 34.1. The van der Waals surface area contributed by atoms with Gasteiger partial charge in [0.15, 0.2) is 12.0 Å². The minimum Gasteiger partial charge on any atom is -0.385 e. The molecule has 6 atom stereocenters. The van der Waals surface area contributed by atoms with Crippen LogP contribution in [0.3, 0.4) is 0 Å². The number of hydrogen-bond acceptors (Lipinski definition) is 8. The molecule has 0 saturated carbocycles. The van der Waals surface area contributed by atoms with Gasteiger partial charge in [-0.05, 0) is 70.6 Å². The summed E-state index contributed by atoms with van der Waals surface area (Å²) < 4.78 is 47.0. The van der Waals surface area contributed by atoms with Gasteiger partial charge in [0.25, 0.3) is 0 Å². The summed E-state index contributed by atoms with van der Waals surface area (Å²) in [7, 11) is -1.83. The lowest BCUT2D eigenvalue weighted by atomic mass is 9.89. The lowest BCUT2D eigenvalue weighted by Gasteiger charge is -2.39. The Morgan fingerprint density at radius 2 is 1.39 bits per heavy atom. The third kappa shape index (κ3) is 8.01. The van der Waals surface area contributed by atoms with Crippen molar-refractivity contribution in [3.63, 3.8) is 0 Å². The number of halogens is 1. The molecule has 2 amide bonds. The van der Waals surface area contributed by atoms with Crippen molar-refractivity contribution in [3.8, 4) is 0 Å². The fraction of sp³-hybridized carbons (Fsp3) is 0.711. The molecule has 3 aliphatic heterocycles. The van der Waals surface area contributed by atoms with E-state index in [2.05, 4.69) is 17.1 Å². The summed E-state index contributed by atoms with van der Waals surface area (Å²) in [5, 5.41) is 25.3. The standard InChI is InChI=1S/C38H58FN9O5S/c1-23(2)29-14-33-28(39)18-45(37(51)21-46(33)40-29)38(7,8)13-12-25(4)31-16-34-35(49)19-44(36(50)20-47(34)41-31)27(6)11-10-24(3)30-15-32-26(5)17-43(9)54(52,53)22-48(32)42-30/h14-16,23-28,35,49H,10-13,17-22H2,1-9H3. The smallest absolute Gasteiger partial charge is 0.244 e. The van der Waals surface area contributed by atoms with E-state index < -0.39 is 27.8 Å². The lowest BCUT2D eigenvalue weighted by molar-refractivity contribution is -0.138. The zero-order chi connectivity index (χ0) is 39.4. The molecule has 0 aromatic carbocycles. The normalized spacial score (nSPS) is 24.0. The quantitative estimate of drug-likeness (QED) is 0.292. The number of aliphatic hydroxyl groups is 1. The number of likely N-dealkylation sites (N-methyl/N-ethyl adjacent to an activating group) is 1. The van der Waals surface area contributed by atoms with E-state index in [4.69, 9.17) is 5.10 Å². The van der Waals surface area contributed by atoms with E-state index in [1.54, 1.807) is 32.3 Å². The SMILES string of the molecule is CC(C)c1cc2n(n1)CC(=O)N(C(C)(C)CCC(C)c1cc3n(n1)CC(=O)N(C(C)CCC(C)c1cc4n(n1)CS(=O)(=O)N(C)CC4C)CC3O)CC2F. The fourth-order valence-corrected chi connectivity index (χ4v) is 9.23. The van der Waals surface area contributed by atoms with Crippen molar-refractivity contribution in [2.24, 2.45) is 0 Å². The van der Waals surface area contributed by atoms with Gasteiger partial charge in [-0.25, -0.2) is 17.1 Å². The first-order valence-corrected chi connectivity index (χ1v) is 21.0. The van der Waals surface area contributed by atoms with Crippen LogP contribution in [-0.4, -0.2) is 107 Å². The molecule has 298 valence electrons. The third-order valence-corrected chi connectivity index (χ3v) is 13.6. The largest absolute Gasteiger partial charge is 0.385 e. The maximum atomic E-state index is 15.5. The number of hydrogen-bond donors (Lipinski definition) is 1. The number of β-amino-alcohol motifs (C(OH)–C–C–N with tert-alkyl or cyclic N) is 1. The molecule has 0 fully saturated rings. The van der Waals surface area contributed by atoms with E-state index >= 15 is 4.39 Å². The molecule has 1 N–H and O–H groups in total. The number of amides is 2. The van der Waals surface area contributed by atoms with E-state index in [9.17, 15) is 23.1 Å². The molecule has 3 aromatic heterocycles. The van der Waals surface area contributed by atoms with E-state index in [0.717, 1.165) is 29.2 Å². The van der Waals surface area contributed by atoms with Gasteiger partial charge in [-0.3, -0.25) is 23.6 Å². The predicted molar refractivity (Wildman–Crippen MR) is 202 cm³/mol. The Labute approximate surface area is 318 Å². The van der Waals surface area contributed by atoms with E-state index in [1.165, 1.54) is 8.99 Å². The molecule has 0 saturated heterocycles. The fourth-order valence-electron chi connectivity index (χ4n) is 8.07. The van der Waals surface area contributed by atoms with Crippen LogP contribution in [0.5, 0.6) is 0 Å². The number of carbonyl (C=O) groups is 2. The molecular weight excluding hydrogens is 714 g/mol. The van der Waals surface area contributed by atoms with Gasteiger partial charge in [-0.1, -0.05) is 34.6 Å². The van der Waals surface area contributed by atoms with Crippen molar-refractivity contribution in [1.29, 1.82) is 0 Å². The molecule has 6 unspecified atom stereocenters. The molecule has 14 nitrogen and oxygen atoms in total. The van der Waals surface area contributed by atoms with Crippen LogP contribution in [0.25, 0.3) is 0 Å². The highest BCUT2D eigenvalue weighted by Crippen LogP contribution is 2.35. The average Bonchev–Trinajstić information content (AvgIpc) is 3.79. The molecule has 16 heteroatoms. The van der Waals surface area contributed by atoms with Gasteiger partial charge in [0, 0.05) is 48.6 Å². The van der Waals surface area contributed by atoms with Crippen LogP contribution in [0.15, 0.2) is 18.2 Å².